The highest BCUT2D eigenvalue weighted by Gasteiger charge is 2.28. The molecule has 5 atom stereocenters. The third-order valence-corrected chi connectivity index (χ3v) is 7.70. The third kappa shape index (κ3) is 20.4. The summed E-state index contributed by atoms with van der Waals surface area (Å²) >= 11 is 0. The molecule has 5 unspecified atom stereocenters. The molecule has 0 rings (SSSR count). The third-order valence-electron chi connectivity index (χ3n) is 5.19. The summed E-state index contributed by atoms with van der Waals surface area (Å²) in [5.74, 6) is -2.12. The lowest BCUT2D eigenvalue weighted by Crippen LogP contribution is -2.45. The molecular formula is C23H40B3N2O7P3. The second-order valence-electron chi connectivity index (χ2n) is 9.32. The number of carbonyl (C=O) groups excluding carboxylic acids is 5. The molecule has 0 aromatic rings. The average molecular weight is 582 g/mol. The Balaban J connectivity index is 5.34. The molecule has 0 bridgehead atoms. The molecule has 0 aliphatic heterocycles. The van der Waals surface area contributed by atoms with Crippen LogP contribution in [-0.2, 0) is 33.4 Å². The van der Waals surface area contributed by atoms with Crippen LogP contribution in [0.1, 0.15) is 32.1 Å². The molecule has 15 heteroatoms. The van der Waals surface area contributed by atoms with Crippen LogP contribution in [0.2, 0.25) is 0 Å². The van der Waals surface area contributed by atoms with Crippen molar-refractivity contribution in [1.29, 1.82) is 0 Å². The fraction of sp³-hybridized carbons (Fsp3) is 0.783. The summed E-state index contributed by atoms with van der Waals surface area (Å²) < 4.78 is 10.5. The number of hydrogen-bond donors (Lipinski definition) is 2. The predicted molar refractivity (Wildman–Crippen MR) is 160 cm³/mol. The van der Waals surface area contributed by atoms with Gasteiger partial charge in [0.15, 0.2) is 11.6 Å². The molecule has 0 aliphatic rings. The number of rotatable bonds is 24. The smallest absolute Gasteiger partial charge is 0.224 e. The van der Waals surface area contributed by atoms with Crippen LogP contribution in [0.25, 0.3) is 0 Å². The summed E-state index contributed by atoms with van der Waals surface area (Å²) in [7, 11) is 14.5. The van der Waals surface area contributed by atoms with Crippen LogP contribution in [0.4, 0.5) is 0 Å². The molecule has 0 fully saturated rings. The zero-order chi connectivity index (χ0) is 29.1. The number of ketones is 4. The molecule has 3 N–H and O–H groups in total. The Kier molecular flexibility index (Phi) is 21.9. The summed E-state index contributed by atoms with van der Waals surface area (Å²) in [5, 5.41) is 2.72. The van der Waals surface area contributed by atoms with Crippen molar-refractivity contribution in [2.45, 2.75) is 38.1 Å². The first-order valence-electron chi connectivity index (χ1n) is 12.5. The molecule has 0 aliphatic carbocycles. The number of ether oxygens (including phenoxy) is 2. The number of amides is 1. The van der Waals surface area contributed by atoms with Gasteiger partial charge in [0.25, 0.3) is 0 Å². The maximum absolute atomic E-state index is 13.2. The highest BCUT2D eigenvalue weighted by molar-refractivity contribution is 7.82. The van der Waals surface area contributed by atoms with Crippen molar-refractivity contribution in [3.05, 3.63) is 0 Å². The molecule has 0 aromatic carbocycles. The van der Waals surface area contributed by atoms with Crippen molar-refractivity contribution in [2.75, 3.05) is 71.5 Å². The SMILES string of the molecule is [B]P(C)CC(=O)CCC(CC(=O)COCCOCCN)C(=O)NC(CCC(=O)CP([B])C)C(=O)CP([B])C. The van der Waals surface area contributed by atoms with Crippen molar-refractivity contribution in [1.82, 2.24) is 5.32 Å². The Morgan fingerprint density at radius 2 is 1.29 bits per heavy atom. The van der Waals surface area contributed by atoms with Crippen LogP contribution in [0.5, 0.6) is 0 Å². The van der Waals surface area contributed by atoms with E-state index in [1.165, 1.54) is 0 Å². The first kappa shape index (κ1) is 37.5. The van der Waals surface area contributed by atoms with E-state index < -0.39 is 41.3 Å². The van der Waals surface area contributed by atoms with Crippen LogP contribution >= 0.6 is 23.4 Å². The first-order valence-corrected chi connectivity index (χ1v) is 18.6. The zero-order valence-corrected chi connectivity index (χ0v) is 25.5. The van der Waals surface area contributed by atoms with E-state index in [0.717, 1.165) is 0 Å². The lowest BCUT2D eigenvalue weighted by molar-refractivity contribution is -0.134. The van der Waals surface area contributed by atoms with Gasteiger partial charge in [-0.2, -0.15) is 23.4 Å². The second-order valence-corrected chi connectivity index (χ2v) is 14.8. The lowest BCUT2D eigenvalue weighted by Gasteiger charge is -2.23. The maximum atomic E-state index is 13.2. The van der Waals surface area contributed by atoms with Gasteiger partial charge in [0.05, 0.1) is 25.9 Å². The minimum absolute atomic E-state index is 0.0811. The van der Waals surface area contributed by atoms with E-state index in [4.69, 9.17) is 37.9 Å². The quantitative estimate of drug-likeness (QED) is 0.0973. The summed E-state index contributed by atoms with van der Waals surface area (Å²) in [6.45, 7) is 6.34. The monoisotopic (exact) mass is 582 g/mol. The Hall–Kier alpha value is -0.485. The van der Waals surface area contributed by atoms with E-state index in [2.05, 4.69) is 5.32 Å². The van der Waals surface area contributed by atoms with Gasteiger partial charge < -0.3 is 20.5 Å². The molecule has 1 amide bonds. The molecule has 0 saturated carbocycles. The fourth-order valence-corrected chi connectivity index (χ4v) is 5.60. The molecule has 0 saturated heterocycles. The summed E-state index contributed by atoms with van der Waals surface area (Å²) in [5.41, 5.74) is 5.34. The van der Waals surface area contributed by atoms with Crippen molar-refractivity contribution in [2.24, 2.45) is 11.7 Å². The molecule has 9 nitrogen and oxygen atoms in total. The van der Waals surface area contributed by atoms with Crippen LogP contribution in [0.15, 0.2) is 0 Å². The molecule has 0 aromatic heterocycles. The minimum Gasteiger partial charge on any atom is -0.378 e. The van der Waals surface area contributed by atoms with Crippen LogP contribution in [0.3, 0.4) is 0 Å². The Morgan fingerprint density at radius 1 is 0.763 bits per heavy atom. The summed E-state index contributed by atoms with van der Waals surface area (Å²) in [4.78, 5) is 63.0. The number of nitrogens with one attached hydrogen (secondary N) is 1. The van der Waals surface area contributed by atoms with Crippen LogP contribution < -0.4 is 11.1 Å². The van der Waals surface area contributed by atoms with E-state index >= 15 is 0 Å². The van der Waals surface area contributed by atoms with Crippen molar-refractivity contribution < 1.29 is 33.4 Å². The van der Waals surface area contributed by atoms with Gasteiger partial charge in [0.1, 0.15) is 40.9 Å². The van der Waals surface area contributed by atoms with Gasteiger partial charge in [-0.15, -0.1) is 0 Å². The van der Waals surface area contributed by atoms with Crippen molar-refractivity contribution in [3.8, 4) is 0 Å². The molecule has 0 spiro atoms. The highest BCUT2D eigenvalue weighted by Crippen LogP contribution is 2.26. The van der Waals surface area contributed by atoms with Gasteiger partial charge in [-0.05, 0) is 12.8 Å². The van der Waals surface area contributed by atoms with Gasteiger partial charge in [0, 0.05) is 50.2 Å². The van der Waals surface area contributed by atoms with Gasteiger partial charge in [-0.3, -0.25) is 24.0 Å². The molecular weight excluding hydrogens is 542 g/mol. The van der Waals surface area contributed by atoms with E-state index in [1.807, 2.05) is 0 Å². The van der Waals surface area contributed by atoms with Gasteiger partial charge in [0.2, 0.25) is 5.91 Å². The molecule has 208 valence electrons. The number of Topliss-reactive ketones (excluding diaryl/α,β-unsaturated/α-hetero) is 4. The second kappa shape index (κ2) is 22.2. The Labute approximate surface area is 235 Å². The largest absolute Gasteiger partial charge is 0.378 e. The van der Waals surface area contributed by atoms with Crippen molar-refractivity contribution >= 4 is 75.1 Å². The maximum Gasteiger partial charge on any atom is 0.224 e. The van der Waals surface area contributed by atoms with Gasteiger partial charge in [-0.1, -0.05) is 20.0 Å². The van der Waals surface area contributed by atoms with E-state index in [0.29, 0.717) is 13.2 Å². The predicted octanol–water partition coefficient (Wildman–Crippen LogP) is 0.892. The zero-order valence-electron chi connectivity index (χ0n) is 22.9. The van der Waals surface area contributed by atoms with E-state index in [-0.39, 0.29) is 93.5 Å². The molecule has 0 heterocycles. The fourth-order valence-electron chi connectivity index (χ4n) is 3.46. The topological polar surface area (TPSA) is 142 Å². The van der Waals surface area contributed by atoms with Gasteiger partial charge in [-0.25, -0.2) is 0 Å². The minimum atomic E-state index is -1.05. The Bertz CT molecular complexity index is 762. The average Bonchev–Trinajstić information content (AvgIpc) is 2.79. The van der Waals surface area contributed by atoms with E-state index in [1.54, 1.807) is 20.0 Å². The molecule has 6 radical (unpaired) electrons. The first-order chi connectivity index (χ1) is 17.8. The van der Waals surface area contributed by atoms with Gasteiger partial charge >= 0.3 is 0 Å². The summed E-state index contributed by atoms with van der Waals surface area (Å²) in [6.07, 6.45) is 0.814. The standard InChI is InChI=1S/C23H40B3N2O7P3/c1-36(24)14-18(29)5-4-17(12-20(31)13-35-11-10-34-9-8-27)23(33)28-21(22(32)16-38(3)26)7-6-19(30)15-37(2)25/h17,21H,4-16,27H2,1-3H3,(H,28,33). The highest BCUT2D eigenvalue weighted by atomic mass is 31.1. The lowest BCUT2D eigenvalue weighted by atomic mass is 9.94. The number of hydrogen-bond acceptors (Lipinski definition) is 8. The van der Waals surface area contributed by atoms with Crippen molar-refractivity contribution in [3.63, 3.8) is 0 Å². The van der Waals surface area contributed by atoms with E-state index in [9.17, 15) is 24.0 Å². The molecule has 38 heavy (non-hydrogen) atoms. The van der Waals surface area contributed by atoms with Crippen LogP contribution in [0, 0.1) is 5.92 Å². The number of carbonyl (C=O) groups is 5. The summed E-state index contributed by atoms with van der Waals surface area (Å²) in [6, 6.07) is -0.919. The normalized spacial score (nSPS) is 15.2. The van der Waals surface area contributed by atoms with Crippen LogP contribution in [-0.4, -0.2) is 129 Å². The Morgan fingerprint density at radius 3 is 1.82 bits per heavy atom. The number of nitrogens with two attached hydrogens (primary N) is 1.